The summed E-state index contributed by atoms with van der Waals surface area (Å²) in [5, 5.41) is 12.1. The molecule has 5 heteroatoms. The minimum absolute atomic E-state index is 0.460. The van der Waals surface area contributed by atoms with Crippen LogP contribution >= 0.6 is 0 Å². The van der Waals surface area contributed by atoms with E-state index in [1.54, 1.807) is 0 Å². The van der Waals surface area contributed by atoms with Crippen LogP contribution in [0.2, 0.25) is 0 Å². The van der Waals surface area contributed by atoms with Crippen LogP contribution in [-0.4, -0.2) is 61.4 Å². The van der Waals surface area contributed by atoms with Crippen molar-refractivity contribution >= 4 is 5.97 Å². The molecule has 1 atom stereocenters. The summed E-state index contributed by atoms with van der Waals surface area (Å²) >= 11 is 0. The van der Waals surface area contributed by atoms with Gasteiger partial charge in [0, 0.05) is 26.2 Å². The smallest absolute Gasteiger partial charge is 0.322 e. The predicted octanol–water partition coefficient (Wildman–Crippen LogP) is 0.162. The Morgan fingerprint density at radius 1 is 1.50 bits per heavy atom. The normalized spacial score (nSPS) is 20.3. The van der Waals surface area contributed by atoms with Gasteiger partial charge in [-0.3, -0.25) is 9.69 Å². The lowest BCUT2D eigenvalue weighted by molar-refractivity contribution is -0.140. The maximum absolute atomic E-state index is 11.0. The molecule has 0 aromatic heterocycles. The maximum Gasteiger partial charge on any atom is 0.322 e. The molecule has 0 aliphatic carbocycles. The second kappa shape index (κ2) is 7.60. The van der Waals surface area contributed by atoms with Crippen molar-refractivity contribution < 1.29 is 14.6 Å². The van der Waals surface area contributed by atoms with E-state index in [9.17, 15) is 4.79 Å². The van der Waals surface area contributed by atoms with E-state index in [2.05, 4.69) is 10.2 Å². The first-order valence-corrected chi connectivity index (χ1v) is 6.00. The molecule has 0 saturated carbocycles. The predicted molar refractivity (Wildman–Crippen MR) is 61.6 cm³/mol. The fraction of sp³-hybridized carbons (Fsp3) is 0.909. The molecular weight excluding hydrogens is 208 g/mol. The fourth-order valence-electron chi connectivity index (χ4n) is 1.79. The van der Waals surface area contributed by atoms with Crippen LogP contribution in [0, 0.1) is 0 Å². The third-order valence-electron chi connectivity index (χ3n) is 2.69. The molecule has 0 bridgehead atoms. The van der Waals surface area contributed by atoms with Crippen molar-refractivity contribution in [3.8, 4) is 0 Å². The van der Waals surface area contributed by atoms with E-state index < -0.39 is 12.0 Å². The summed E-state index contributed by atoms with van der Waals surface area (Å²) in [4.78, 5) is 13.2. The van der Waals surface area contributed by atoms with E-state index in [1.807, 2.05) is 6.92 Å². The summed E-state index contributed by atoms with van der Waals surface area (Å²) in [7, 11) is 0. The van der Waals surface area contributed by atoms with E-state index in [-0.39, 0.29) is 0 Å². The lowest BCUT2D eigenvalue weighted by Gasteiger charge is -2.23. The number of nitrogens with one attached hydrogen (secondary N) is 1. The first kappa shape index (κ1) is 13.4. The number of carboxylic acid groups (broad SMARTS) is 1. The molecule has 16 heavy (non-hydrogen) atoms. The lowest BCUT2D eigenvalue weighted by Crippen LogP contribution is -2.47. The van der Waals surface area contributed by atoms with Crippen LogP contribution in [0.3, 0.4) is 0 Å². The van der Waals surface area contributed by atoms with Crippen LogP contribution in [0.15, 0.2) is 0 Å². The highest BCUT2D eigenvalue weighted by molar-refractivity contribution is 5.73. The van der Waals surface area contributed by atoms with E-state index in [1.165, 1.54) is 0 Å². The number of carboxylic acids is 1. The van der Waals surface area contributed by atoms with Gasteiger partial charge in [0.2, 0.25) is 0 Å². The summed E-state index contributed by atoms with van der Waals surface area (Å²) in [6.45, 7) is 6.61. The first-order chi connectivity index (χ1) is 7.74. The number of ether oxygens (including phenoxy) is 1. The Balaban J connectivity index is 2.36. The molecule has 94 valence electrons. The topological polar surface area (TPSA) is 61.8 Å². The molecule has 0 aromatic rings. The Bertz CT molecular complexity index is 203. The average molecular weight is 230 g/mol. The Hall–Kier alpha value is -0.650. The maximum atomic E-state index is 11.0. The summed E-state index contributed by atoms with van der Waals surface area (Å²) in [6, 6.07) is -0.460. The summed E-state index contributed by atoms with van der Waals surface area (Å²) < 4.78 is 5.34. The average Bonchev–Trinajstić information content (AvgIpc) is 2.52. The molecule has 0 radical (unpaired) electrons. The Kier molecular flexibility index (Phi) is 6.37. The quantitative estimate of drug-likeness (QED) is 0.680. The van der Waals surface area contributed by atoms with Crippen LogP contribution in [0.1, 0.15) is 19.8 Å². The van der Waals surface area contributed by atoms with E-state index >= 15 is 0 Å². The van der Waals surface area contributed by atoms with Crippen LogP contribution in [-0.2, 0) is 9.53 Å². The highest BCUT2D eigenvalue weighted by Crippen LogP contribution is 2.01. The molecule has 0 aromatic carbocycles. The molecule has 5 nitrogen and oxygen atoms in total. The molecule has 1 rings (SSSR count). The molecule has 2 N–H and O–H groups in total. The minimum Gasteiger partial charge on any atom is -0.480 e. The third kappa shape index (κ3) is 4.92. The number of hydrogen-bond donors (Lipinski definition) is 2. The Labute approximate surface area is 96.8 Å². The second-order valence-corrected chi connectivity index (χ2v) is 4.11. The number of rotatable bonds is 6. The molecule has 1 saturated heterocycles. The lowest BCUT2D eigenvalue weighted by atomic mass is 10.2. The minimum atomic E-state index is -0.765. The summed E-state index contributed by atoms with van der Waals surface area (Å²) in [5.41, 5.74) is 0. The fourth-order valence-corrected chi connectivity index (χ4v) is 1.79. The first-order valence-electron chi connectivity index (χ1n) is 6.00. The number of nitrogens with zero attached hydrogens (tertiary/aromatic N) is 1. The van der Waals surface area contributed by atoms with Gasteiger partial charge in [-0.15, -0.1) is 0 Å². The number of aliphatic carboxylic acids is 1. The Morgan fingerprint density at radius 3 is 3.00 bits per heavy atom. The van der Waals surface area contributed by atoms with Crippen molar-refractivity contribution in [1.82, 2.24) is 10.2 Å². The van der Waals surface area contributed by atoms with Gasteiger partial charge >= 0.3 is 5.97 Å². The zero-order valence-electron chi connectivity index (χ0n) is 9.95. The van der Waals surface area contributed by atoms with Crippen molar-refractivity contribution in [2.45, 2.75) is 25.8 Å². The molecule has 1 aliphatic rings. The van der Waals surface area contributed by atoms with Crippen LogP contribution in [0.4, 0.5) is 0 Å². The van der Waals surface area contributed by atoms with Crippen LogP contribution in [0.25, 0.3) is 0 Å². The summed E-state index contributed by atoms with van der Waals surface area (Å²) in [5.74, 6) is -0.765. The second-order valence-electron chi connectivity index (χ2n) is 4.11. The van der Waals surface area contributed by atoms with Gasteiger partial charge in [-0.05, 0) is 19.4 Å². The van der Waals surface area contributed by atoms with Crippen molar-refractivity contribution in [3.63, 3.8) is 0 Å². The zero-order chi connectivity index (χ0) is 11.8. The third-order valence-corrected chi connectivity index (χ3v) is 2.69. The molecular formula is C11H22N2O3. The molecule has 1 fully saturated rings. The molecule has 0 amide bonds. The van der Waals surface area contributed by atoms with Crippen LogP contribution < -0.4 is 5.32 Å². The van der Waals surface area contributed by atoms with Crippen molar-refractivity contribution in [1.29, 1.82) is 0 Å². The number of carbonyl (C=O) groups is 1. The van der Waals surface area contributed by atoms with E-state index in [0.29, 0.717) is 13.2 Å². The van der Waals surface area contributed by atoms with Gasteiger partial charge in [-0.25, -0.2) is 0 Å². The highest BCUT2D eigenvalue weighted by atomic mass is 16.5. The largest absolute Gasteiger partial charge is 0.480 e. The number of hydrogen-bond acceptors (Lipinski definition) is 4. The van der Waals surface area contributed by atoms with Gasteiger partial charge in [0.05, 0.1) is 6.61 Å². The van der Waals surface area contributed by atoms with Gasteiger partial charge in [0.15, 0.2) is 0 Å². The Morgan fingerprint density at radius 2 is 2.31 bits per heavy atom. The van der Waals surface area contributed by atoms with Gasteiger partial charge < -0.3 is 15.2 Å². The van der Waals surface area contributed by atoms with Crippen LogP contribution in [0.5, 0.6) is 0 Å². The highest BCUT2D eigenvalue weighted by Gasteiger charge is 2.20. The molecule has 1 aliphatic heterocycles. The SMILES string of the molecule is CCCNC(CN1CCCOCC1)C(=O)O. The summed E-state index contributed by atoms with van der Waals surface area (Å²) in [6.07, 6.45) is 1.94. The zero-order valence-corrected chi connectivity index (χ0v) is 9.95. The monoisotopic (exact) mass is 230 g/mol. The van der Waals surface area contributed by atoms with Crippen molar-refractivity contribution in [2.24, 2.45) is 0 Å². The molecule has 1 heterocycles. The van der Waals surface area contributed by atoms with Crippen molar-refractivity contribution in [3.05, 3.63) is 0 Å². The van der Waals surface area contributed by atoms with Gasteiger partial charge in [0.1, 0.15) is 6.04 Å². The van der Waals surface area contributed by atoms with Crippen molar-refractivity contribution in [2.75, 3.05) is 39.4 Å². The molecule has 1 unspecified atom stereocenters. The standard InChI is InChI=1S/C11H22N2O3/c1-2-4-12-10(11(14)15)9-13-5-3-7-16-8-6-13/h10,12H,2-9H2,1H3,(H,14,15). The van der Waals surface area contributed by atoms with E-state index in [4.69, 9.17) is 9.84 Å². The van der Waals surface area contributed by atoms with Gasteiger partial charge in [-0.2, -0.15) is 0 Å². The van der Waals surface area contributed by atoms with Gasteiger partial charge in [0.25, 0.3) is 0 Å². The van der Waals surface area contributed by atoms with E-state index in [0.717, 1.165) is 39.1 Å². The molecule has 0 spiro atoms. The van der Waals surface area contributed by atoms with Gasteiger partial charge in [-0.1, -0.05) is 6.92 Å².